The van der Waals surface area contributed by atoms with E-state index < -0.39 is 10.7 Å². The maximum Gasteiger partial charge on any atom is 0.291 e. The van der Waals surface area contributed by atoms with Crippen molar-refractivity contribution in [2.75, 3.05) is 0 Å². The summed E-state index contributed by atoms with van der Waals surface area (Å²) in [6, 6.07) is 2.49. The Hall–Kier alpha value is -1.56. The summed E-state index contributed by atoms with van der Waals surface area (Å²) < 4.78 is 13.5. The predicted octanol–water partition coefficient (Wildman–Crippen LogP) is 3.04. The second-order valence-corrected chi connectivity index (χ2v) is 3.72. The number of aromatic nitrogens is 1. The number of fused-ring (bicyclic) bond motifs is 1. The van der Waals surface area contributed by atoms with E-state index in [2.05, 4.69) is 20.9 Å². The predicted molar refractivity (Wildman–Crippen MR) is 56.1 cm³/mol. The van der Waals surface area contributed by atoms with Crippen LogP contribution in [0.4, 0.5) is 10.1 Å². The van der Waals surface area contributed by atoms with Gasteiger partial charge in [-0.3, -0.25) is 15.1 Å². The third-order valence-corrected chi connectivity index (χ3v) is 2.60. The molecule has 2 rings (SSSR count). The highest BCUT2D eigenvalue weighted by atomic mass is 79.9. The van der Waals surface area contributed by atoms with Gasteiger partial charge in [-0.15, -0.1) is 0 Å². The van der Waals surface area contributed by atoms with E-state index in [1.165, 1.54) is 18.5 Å². The monoisotopic (exact) mass is 270 g/mol. The van der Waals surface area contributed by atoms with Crippen molar-refractivity contribution < 1.29 is 9.31 Å². The highest BCUT2D eigenvalue weighted by molar-refractivity contribution is 9.10. The lowest BCUT2D eigenvalue weighted by Gasteiger charge is -2.02. The molecule has 1 aromatic heterocycles. The van der Waals surface area contributed by atoms with E-state index >= 15 is 0 Å². The van der Waals surface area contributed by atoms with Crippen LogP contribution < -0.4 is 0 Å². The molecular formula is C9H4BrFN2O2. The first-order valence-corrected chi connectivity index (χ1v) is 4.76. The zero-order valence-electron chi connectivity index (χ0n) is 7.28. The lowest BCUT2D eigenvalue weighted by Crippen LogP contribution is -1.93. The lowest BCUT2D eigenvalue weighted by molar-refractivity contribution is -0.383. The summed E-state index contributed by atoms with van der Waals surface area (Å²) in [5.41, 5.74) is -0.145. The van der Waals surface area contributed by atoms with Gasteiger partial charge in [-0.25, -0.2) is 4.39 Å². The molecule has 15 heavy (non-hydrogen) atoms. The van der Waals surface area contributed by atoms with E-state index in [1.807, 2.05) is 0 Å². The number of hydrogen-bond donors (Lipinski definition) is 0. The van der Waals surface area contributed by atoms with Crippen molar-refractivity contribution in [2.24, 2.45) is 0 Å². The second kappa shape index (κ2) is 3.54. The SMILES string of the molecule is O=[N+]([O-])c1c(Br)cc(F)c2cnccc12. The minimum Gasteiger partial charge on any atom is -0.264 e. The molecule has 0 saturated heterocycles. The zero-order chi connectivity index (χ0) is 11.0. The van der Waals surface area contributed by atoms with Crippen LogP contribution in [-0.2, 0) is 0 Å². The van der Waals surface area contributed by atoms with Crippen LogP contribution in [0.25, 0.3) is 10.8 Å². The van der Waals surface area contributed by atoms with Crippen molar-refractivity contribution in [3.63, 3.8) is 0 Å². The van der Waals surface area contributed by atoms with Crippen molar-refractivity contribution >= 4 is 32.4 Å². The maximum atomic E-state index is 13.4. The zero-order valence-corrected chi connectivity index (χ0v) is 8.86. The Labute approximate surface area is 92.0 Å². The molecule has 0 saturated carbocycles. The highest BCUT2D eigenvalue weighted by Gasteiger charge is 2.19. The Balaban J connectivity index is 2.96. The molecule has 0 aliphatic heterocycles. The number of hydrogen-bond acceptors (Lipinski definition) is 3. The van der Waals surface area contributed by atoms with Gasteiger partial charge in [-0.2, -0.15) is 0 Å². The standard InChI is InChI=1S/C9H4BrFN2O2/c10-7-3-8(11)6-4-12-2-1-5(6)9(7)13(14)15/h1-4H. The highest BCUT2D eigenvalue weighted by Crippen LogP contribution is 2.34. The number of halogens is 2. The van der Waals surface area contributed by atoms with E-state index in [9.17, 15) is 14.5 Å². The Morgan fingerprint density at radius 1 is 1.47 bits per heavy atom. The molecule has 76 valence electrons. The summed E-state index contributed by atoms with van der Waals surface area (Å²) in [6.07, 6.45) is 2.66. The largest absolute Gasteiger partial charge is 0.291 e. The third-order valence-electron chi connectivity index (χ3n) is 2.00. The van der Waals surface area contributed by atoms with E-state index in [0.717, 1.165) is 6.07 Å². The van der Waals surface area contributed by atoms with Crippen LogP contribution in [0.1, 0.15) is 0 Å². The fourth-order valence-electron chi connectivity index (χ4n) is 1.36. The molecule has 0 radical (unpaired) electrons. The van der Waals surface area contributed by atoms with E-state index in [1.54, 1.807) is 0 Å². The number of rotatable bonds is 1. The summed E-state index contributed by atoms with van der Waals surface area (Å²) in [7, 11) is 0. The van der Waals surface area contributed by atoms with Gasteiger partial charge in [0.05, 0.1) is 14.8 Å². The van der Waals surface area contributed by atoms with E-state index in [0.29, 0.717) is 0 Å². The van der Waals surface area contributed by atoms with Crippen LogP contribution in [0.3, 0.4) is 0 Å². The fourth-order valence-corrected chi connectivity index (χ4v) is 1.92. The van der Waals surface area contributed by atoms with Gasteiger partial charge in [0, 0.05) is 17.8 Å². The lowest BCUT2D eigenvalue weighted by atomic mass is 10.1. The second-order valence-electron chi connectivity index (χ2n) is 2.87. The molecule has 0 atom stereocenters. The van der Waals surface area contributed by atoms with Crippen molar-refractivity contribution in [2.45, 2.75) is 0 Å². The van der Waals surface area contributed by atoms with Gasteiger partial charge in [0.1, 0.15) is 5.82 Å². The summed E-state index contributed by atoms with van der Waals surface area (Å²) in [5.74, 6) is -0.532. The normalized spacial score (nSPS) is 10.5. The molecule has 0 unspecified atom stereocenters. The maximum absolute atomic E-state index is 13.4. The molecule has 0 spiro atoms. The fraction of sp³-hybridized carbons (Fsp3) is 0. The number of pyridine rings is 1. The van der Waals surface area contributed by atoms with Crippen LogP contribution in [0.5, 0.6) is 0 Å². The third kappa shape index (κ3) is 1.56. The molecule has 4 nitrogen and oxygen atoms in total. The molecule has 6 heteroatoms. The van der Waals surface area contributed by atoms with Crippen molar-refractivity contribution in [1.29, 1.82) is 0 Å². The molecule has 1 heterocycles. The van der Waals surface area contributed by atoms with Crippen LogP contribution >= 0.6 is 15.9 Å². The van der Waals surface area contributed by atoms with Gasteiger partial charge in [0.15, 0.2) is 0 Å². The first-order chi connectivity index (χ1) is 7.11. The van der Waals surface area contributed by atoms with Gasteiger partial charge in [0.2, 0.25) is 0 Å². The van der Waals surface area contributed by atoms with Gasteiger partial charge in [-0.05, 0) is 28.1 Å². The number of benzene rings is 1. The molecule has 0 fully saturated rings. The first-order valence-electron chi connectivity index (χ1n) is 3.97. The number of nitro groups is 1. The first kappa shape index (κ1) is 9.97. The van der Waals surface area contributed by atoms with Gasteiger partial charge >= 0.3 is 0 Å². The average Bonchev–Trinajstić information content (AvgIpc) is 2.17. The summed E-state index contributed by atoms with van der Waals surface area (Å²) >= 11 is 2.97. The summed E-state index contributed by atoms with van der Waals surface area (Å²) in [4.78, 5) is 14.0. The van der Waals surface area contributed by atoms with Crippen LogP contribution in [-0.4, -0.2) is 9.91 Å². The van der Waals surface area contributed by atoms with Crippen molar-refractivity contribution in [3.05, 3.63) is 44.9 Å². The summed E-state index contributed by atoms with van der Waals surface area (Å²) in [5, 5.41) is 11.2. The minimum atomic E-state index is -0.550. The minimum absolute atomic E-state index is 0.128. The Kier molecular flexibility index (Phi) is 2.36. The van der Waals surface area contributed by atoms with Crippen molar-refractivity contribution in [1.82, 2.24) is 4.98 Å². The topological polar surface area (TPSA) is 56.0 Å². The van der Waals surface area contributed by atoms with Gasteiger partial charge in [-0.1, -0.05) is 0 Å². The molecule has 0 bridgehead atoms. The van der Waals surface area contributed by atoms with Gasteiger partial charge in [0.25, 0.3) is 5.69 Å². The van der Waals surface area contributed by atoms with E-state index in [-0.39, 0.29) is 20.9 Å². The smallest absolute Gasteiger partial charge is 0.264 e. The Morgan fingerprint density at radius 2 is 2.20 bits per heavy atom. The van der Waals surface area contributed by atoms with Crippen LogP contribution in [0, 0.1) is 15.9 Å². The van der Waals surface area contributed by atoms with Crippen molar-refractivity contribution in [3.8, 4) is 0 Å². The van der Waals surface area contributed by atoms with Crippen LogP contribution in [0.2, 0.25) is 0 Å². The molecule has 1 aromatic carbocycles. The number of nitrogens with zero attached hydrogens (tertiary/aromatic N) is 2. The molecular weight excluding hydrogens is 267 g/mol. The quantitative estimate of drug-likeness (QED) is 0.591. The van der Waals surface area contributed by atoms with Crippen LogP contribution in [0.15, 0.2) is 29.0 Å². The Morgan fingerprint density at radius 3 is 2.87 bits per heavy atom. The Bertz CT molecular complexity index is 559. The summed E-state index contributed by atoms with van der Waals surface area (Å²) in [6.45, 7) is 0. The molecule has 0 N–H and O–H groups in total. The van der Waals surface area contributed by atoms with Gasteiger partial charge < -0.3 is 0 Å². The molecule has 0 aliphatic carbocycles. The average molecular weight is 271 g/mol. The molecule has 2 aromatic rings. The van der Waals surface area contributed by atoms with E-state index in [4.69, 9.17) is 0 Å². The molecule has 0 aliphatic rings. The number of nitro benzene ring substituents is 1. The molecule has 0 amide bonds.